The molecule has 0 fully saturated rings. The molecule has 0 radical (unpaired) electrons. The van der Waals surface area contributed by atoms with Crippen LogP contribution in [0.1, 0.15) is 135 Å². The molecule has 39 heavy (non-hydrogen) atoms. The molecule has 2 rings (SSSR count). The van der Waals surface area contributed by atoms with Gasteiger partial charge >= 0.3 is 5.97 Å². The molecule has 0 aromatic heterocycles. The van der Waals surface area contributed by atoms with E-state index in [0.717, 1.165) is 36.8 Å². The first-order valence-electron chi connectivity index (χ1n) is 15.6. The summed E-state index contributed by atoms with van der Waals surface area (Å²) >= 11 is 0. The maximum atomic E-state index is 12.3. The van der Waals surface area contributed by atoms with Crippen LogP contribution in [0.2, 0.25) is 0 Å². The van der Waals surface area contributed by atoms with Gasteiger partial charge < -0.3 is 9.84 Å². The van der Waals surface area contributed by atoms with Crippen molar-refractivity contribution in [1.29, 1.82) is 0 Å². The molecule has 2 aromatic carbocycles. The van der Waals surface area contributed by atoms with Gasteiger partial charge in [0.2, 0.25) is 0 Å². The van der Waals surface area contributed by atoms with Gasteiger partial charge in [0.25, 0.3) is 0 Å². The third-order valence-electron chi connectivity index (χ3n) is 7.36. The lowest BCUT2D eigenvalue weighted by Gasteiger charge is -2.15. The highest BCUT2D eigenvalue weighted by molar-refractivity contribution is 5.90. The van der Waals surface area contributed by atoms with E-state index in [2.05, 4.69) is 32.9 Å². The molecular formula is C36H52O3. The van der Waals surface area contributed by atoms with Crippen LogP contribution in [0.25, 0.3) is 11.1 Å². The molecule has 3 heteroatoms. The average molecular weight is 533 g/mol. The minimum atomic E-state index is -0.148. The van der Waals surface area contributed by atoms with Crippen molar-refractivity contribution >= 4 is 17.1 Å². The number of carbonyl (C=O) groups excluding carboxylic acids is 1. The molecule has 0 amide bonds. The molecule has 0 saturated heterocycles. The summed E-state index contributed by atoms with van der Waals surface area (Å²) in [6, 6.07) is 15.3. The van der Waals surface area contributed by atoms with E-state index in [1.807, 2.05) is 36.4 Å². The van der Waals surface area contributed by atoms with Crippen molar-refractivity contribution in [2.45, 2.75) is 124 Å². The van der Waals surface area contributed by atoms with Crippen molar-refractivity contribution in [3.8, 4) is 11.5 Å². The summed E-state index contributed by atoms with van der Waals surface area (Å²) in [6.07, 6.45) is 23.2. The van der Waals surface area contributed by atoms with E-state index in [1.165, 1.54) is 81.8 Å². The van der Waals surface area contributed by atoms with Crippen molar-refractivity contribution in [1.82, 2.24) is 0 Å². The highest BCUT2D eigenvalue weighted by Crippen LogP contribution is 2.32. The molecule has 0 spiro atoms. The molecule has 0 aliphatic carbocycles. The number of allylic oxidation sites excluding steroid dienone is 4. The van der Waals surface area contributed by atoms with E-state index < -0.39 is 0 Å². The fourth-order valence-corrected chi connectivity index (χ4v) is 5.09. The molecule has 214 valence electrons. The Morgan fingerprint density at radius 1 is 0.641 bits per heavy atom. The van der Waals surface area contributed by atoms with Crippen LogP contribution < -0.4 is 4.74 Å². The summed E-state index contributed by atoms with van der Waals surface area (Å²) in [4.78, 5) is 12.3. The van der Waals surface area contributed by atoms with Gasteiger partial charge in [-0.05, 0) is 91.5 Å². The zero-order valence-electron chi connectivity index (χ0n) is 24.9. The Bertz CT molecular complexity index is 983. The Hall–Kier alpha value is -2.81. The van der Waals surface area contributed by atoms with Gasteiger partial charge in [-0.15, -0.1) is 0 Å². The van der Waals surface area contributed by atoms with E-state index >= 15 is 0 Å². The monoisotopic (exact) mass is 532 g/mol. The minimum Gasteiger partial charge on any atom is -0.508 e. The topological polar surface area (TPSA) is 46.5 Å². The maximum Gasteiger partial charge on any atom is 0.311 e. The van der Waals surface area contributed by atoms with Crippen LogP contribution in [0.15, 0.2) is 60.7 Å². The summed E-state index contributed by atoms with van der Waals surface area (Å²) in [7, 11) is 0. The summed E-state index contributed by atoms with van der Waals surface area (Å²) in [5.41, 5.74) is 4.81. The van der Waals surface area contributed by atoms with Crippen LogP contribution in [0, 0.1) is 0 Å². The number of hydrogen-bond acceptors (Lipinski definition) is 3. The summed E-state index contributed by atoms with van der Waals surface area (Å²) in [6.45, 7) is 6.58. The number of esters is 1. The van der Waals surface area contributed by atoms with Crippen LogP contribution in [0.5, 0.6) is 11.5 Å². The third kappa shape index (κ3) is 13.2. The van der Waals surface area contributed by atoms with Crippen molar-refractivity contribution in [2.75, 3.05) is 0 Å². The van der Waals surface area contributed by atoms with E-state index in [0.29, 0.717) is 12.2 Å². The highest BCUT2D eigenvalue weighted by Gasteiger charge is 2.11. The Balaban J connectivity index is 1.64. The van der Waals surface area contributed by atoms with Crippen LogP contribution in [0.3, 0.4) is 0 Å². The van der Waals surface area contributed by atoms with E-state index in [-0.39, 0.29) is 11.7 Å². The van der Waals surface area contributed by atoms with Crippen LogP contribution in [-0.4, -0.2) is 11.1 Å². The van der Waals surface area contributed by atoms with Crippen molar-refractivity contribution in [2.24, 2.45) is 0 Å². The van der Waals surface area contributed by atoms with Gasteiger partial charge in [0.15, 0.2) is 0 Å². The van der Waals surface area contributed by atoms with Gasteiger partial charge in [-0.25, -0.2) is 0 Å². The number of ether oxygens (including phenoxy) is 1. The molecule has 0 saturated carbocycles. The van der Waals surface area contributed by atoms with Crippen LogP contribution in [0.4, 0.5) is 0 Å². The lowest BCUT2D eigenvalue weighted by molar-refractivity contribution is -0.134. The van der Waals surface area contributed by atoms with Gasteiger partial charge in [0, 0.05) is 6.42 Å². The quantitative estimate of drug-likeness (QED) is 0.0606. The fourth-order valence-electron chi connectivity index (χ4n) is 5.09. The SMILES string of the molecule is CCCCCCCC/C=C\CCCCCCCC(=O)Oc1ccc(/C(CC)=C(\CC)c2ccc(O)cc2)cc1. The first-order valence-corrected chi connectivity index (χ1v) is 15.6. The number of aromatic hydroxyl groups is 1. The van der Waals surface area contributed by atoms with Gasteiger partial charge in [-0.1, -0.05) is 109 Å². The standard InChI is InChI=1S/C36H52O3/c1-4-7-8-9-10-11-12-13-14-15-16-17-18-19-20-21-36(38)39-33-28-24-31(25-29-33)35(6-3)34(5-2)30-22-26-32(37)27-23-30/h13-14,22-29,37H,4-12,15-21H2,1-3H3/b14-13-,35-34+. The van der Waals surface area contributed by atoms with Crippen molar-refractivity contribution in [3.63, 3.8) is 0 Å². The normalized spacial score (nSPS) is 12.1. The average Bonchev–Trinajstić information content (AvgIpc) is 2.95. The molecule has 0 heterocycles. The van der Waals surface area contributed by atoms with E-state index in [1.54, 1.807) is 12.1 Å². The molecule has 2 aromatic rings. The zero-order valence-corrected chi connectivity index (χ0v) is 24.9. The fraction of sp³-hybridized carbons (Fsp3) is 0.528. The smallest absolute Gasteiger partial charge is 0.311 e. The van der Waals surface area contributed by atoms with Crippen molar-refractivity contribution < 1.29 is 14.6 Å². The first-order chi connectivity index (χ1) is 19.1. The van der Waals surface area contributed by atoms with Gasteiger partial charge in [-0.3, -0.25) is 4.79 Å². The number of unbranched alkanes of at least 4 members (excludes halogenated alkanes) is 11. The molecule has 0 aliphatic rings. The number of phenols is 1. The summed E-state index contributed by atoms with van der Waals surface area (Å²) < 4.78 is 5.59. The molecule has 3 nitrogen and oxygen atoms in total. The largest absolute Gasteiger partial charge is 0.508 e. The summed E-state index contributed by atoms with van der Waals surface area (Å²) in [5.74, 6) is 0.736. The number of hydrogen-bond donors (Lipinski definition) is 1. The first kappa shape index (κ1) is 32.4. The van der Waals surface area contributed by atoms with Gasteiger partial charge in [0.05, 0.1) is 0 Å². The van der Waals surface area contributed by atoms with Gasteiger partial charge in [0.1, 0.15) is 11.5 Å². The number of benzene rings is 2. The predicted octanol–water partition coefficient (Wildman–Crippen LogP) is 11.1. The number of rotatable bonds is 20. The molecule has 0 unspecified atom stereocenters. The van der Waals surface area contributed by atoms with E-state index in [9.17, 15) is 9.90 Å². The zero-order chi connectivity index (χ0) is 28.1. The van der Waals surface area contributed by atoms with Crippen LogP contribution in [-0.2, 0) is 4.79 Å². The maximum absolute atomic E-state index is 12.3. The predicted molar refractivity (Wildman–Crippen MR) is 167 cm³/mol. The Kier molecular flexibility index (Phi) is 16.7. The number of phenolic OH excluding ortho intramolecular Hbond substituents is 1. The molecular weight excluding hydrogens is 480 g/mol. The lowest BCUT2D eigenvalue weighted by atomic mass is 9.91. The summed E-state index contributed by atoms with van der Waals surface area (Å²) in [5, 5.41) is 9.63. The second kappa shape index (κ2) is 20.1. The Morgan fingerprint density at radius 3 is 1.62 bits per heavy atom. The Morgan fingerprint density at radius 2 is 1.10 bits per heavy atom. The molecule has 0 bridgehead atoms. The Labute approximate surface area is 238 Å². The molecule has 0 atom stereocenters. The third-order valence-corrected chi connectivity index (χ3v) is 7.36. The minimum absolute atomic E-state index is 0.148. The van der Waals surface area contributed by atoms with Crippen molar-refractivity contribution in [3.05, 3.63) is 71.8 Å². The molecule has 1 N–H and O–H groups in total. The lowest BCUT2D eigenvalue weighted by Crippen LogP contribution is -2.07. The number of carbonyl (C=O) groups is 1. The van der Waals surface area contributed by atoms with Crippen LogP contribution >= 0.6 is 0 Å². The second-order valence-corrected chi connectivity index (χ2v) is 10.5. The highest BCUT2D eigenvalue weighted by atomic mass is 16.5. The second-order valence-electron chi connectivity index (χ2n) is 10.5. The van der Waals surface area contributed by atoms with E-state index in [4.69, 9.17) is 4.74 Å². The molecule has 0 aliphatic heterocycles. The van der Waals surface area contributed by atoms with Gasteiger partial charge in [-0.2, -0.15) is 0 Å².